The molecule has 0 atom stereocenters. The van der Waals surface area contributed by atoms with E-state index in [-0.39, 0.29) is 0 Å². The lowest BCUT2D eigenvalue weighted by Crippen LogP contribution is -2.41. The third-order valence-corrected chi connectivity index (χ3v) is 3.22. The van der Waals surface area contributed by atoms with Crippen molar-refractivity contribution in [3.05, 3.63) is 11.8 Å². The van der Waals surface area contributed by atoms with Crippen LogP contribution in [0.2, 0.25) is 0 Å². The molecule has 0 bridgehead atoms. The molecule has 3 rings (SSSR count). The molecule has 2 N–H and O–H groups in total. The van der Waals surface area contributed by atoms with E-state index in [1.54, 1.807) is 4.68 Å². The summed E-state index contributed by atoms with van der Waals surface area (Å²) < 4.78 is 7.19. The minimum atomic E-state index is 0.462. The maximum Gasteiger partial charge on any atom is 0.193 e. The van der Waals surface area contributed by atoms with Gasteiger partial charge in [0.25, 0.3) is 0 Å². The molecule has 0 aromatic carbocycles. The standard InChI is InChI=1S/C12H18N6O/c1-9-8-10(17-4-6-19-7-5-17)18(16-9)12-11(13)14-2-3-15-12/h8H,2-7H2,1H3,(H2,13,14). The van der Waals surface area contributed by atoms with E-state index in [0.29, 0.717) is 24.8 Å². The van der Waals surface area contributed by atoms with E-state index in [2.05, 4.69) is 26.0 Å². The Balaban J connectivity index is 1.97. The number of hydrogen-bond donors (Lipinski definition) is 1. The zero-order valence-electron chi connectivity index (χ0n) is 11.0. The molecule has 7 heteroatoms. The minimum Gasteiger partial charge on any atom is -0.381 e. The van der Waals surface area contributed by atoms with Gasteiger partial charge in [0, 0.05) is 19.2 Å². The van der Waals surface area contributed by atoms with Crippen LogP contribution >= 0.6 is 0 Å². The molecule has 2 aliphatic heterocycles. The smallest absolute Gasteiger partial charge is 0.193 e. The number of amidine groups is 1. The monoisotopic (exact) mass is 262 g/mol. The van der Waals surface area contributed by atoms with Crippen molar-refractivity contribution in [2.24, 2.45) is 15.7 Å². The number of anilines is 1. The highest BCUT2D eigenvalue weighted by Gasteiger charge is 2.21. The van der Waals surface area contributed by atoms with E-state index < -0.39 is 0 Å². The maximum absolute atomic E-state index is 5.93. The molecule has 102 valence electrons. The number of aliphatic imine (C=N–C) groups is 2. The summed E-state index contributed by atoms with van der Waals surface area (Å²) in [7, 11) is 0. The van der Waals surface area contributed by atoms with E-state index in [0.717, 1.165) is 37.8 Å². The lowest BCUT2D eigenvalue weighted by molar-refractivity contribution is 0.122. The number of aromatic nitrogens is 2. The molecule has 1 aromatic heterocycles. The highest BCUT2D eigenvalue weighted by molar-refractivity contribution is 6.41. The fraction of sp³-hybridized carbons (Fsp3) is 0.583. The van der Waals surface area contributed by atoms with Gasteiger partial charge in [-0.3, -0.25) is 9.98 Å². The van der Waals surface area contributed by atoms with Crippen LogP contribution in [0.25, 0.3) is 0 Å². The average Bonchev–Trinajstić information content (AvgIpc) is 2.82. The number of aryl methyl sites for hydroxylation is 1. The minimum absolute atomic E-state index is 0.462. The largest absolute Gasteiger partial charge is 0.381 e. The van der Waals surface area contributed by atoms with Gasteiger partial charge in [-0.2, -0.15) is 9.78 Å². The second-order valence-corrected chi connectivity index (χ2v) is 4.63. The summed E-state index contributed by atoms with van der Waals surface area (Å²) in [5, 5.41) is 4.50. The van der Waals surface area contributed by atoms with Crippen LogP contribution in [0, 0.1) is 6.92 Å². The van der Waals surface area contributed by atoms with Crippen molar-refractivity contribution in [1.82, 2.24) is 9.78 Å². The third-order valence-electron chi connectivity index (χ3n) is 3.22. The van der Waals surface area contributed by atoms with E-state index >= 15 is 0 Å². The van der Waals surface area contributed by atoms with Gasteiger partial charge >= 0.3 is 0 Å². The molecule has 2 aliphatic rings. The van der Waals surface area contributed by atoms with Crippen LogP contribution in [0.1, 0.15) is 5.69 Å². The van der Waals surface area contributed by atoms with Crippen molar-refractivity contribution < 1.29 is 4.74 Å². The SMILES string of the molecule is Cc1cc(N2CCOCC2)n(C2=NCCN=C2N)n1. The van der Waals surface area contributed by atoms with Crippen molar-refractivity contribution in [2.75, 3.05) is 44.3 Å². The van der Waals surface area contributed by atoms with Crippen LogP contribution in [-0.2, 0) is 4.74 Å². The summed E-state index contributed by atoms with van der Waals surface area (Å²) in [5.74, 6) is 2.13. The van der Waals surface area contributed by atoms with Gasteiger partial charge in [0.1, 0.15) is 5.82 Å². The zero-order valence-corrected chi connectivity index (χ0v) is 11.0. The molecular weight excluding hydrogens is 244 g/mol. The lowest BCUT2D eigenvalue weighted by Gasteiger charge is -2.29. The number of ether oxygens (including phenoxy) is 1. The summed E-state index contributed by atoms with van der Waals surface area (Å²) in [6.45, 7) is 6.47. The Morgan fingerprint density at radius 1 is 1.21 bits per heavy atom. The molecule has 1 saturated heterocycles. The van der Waals surface area contributed by atoms with E-state index in [1.807, 2.05) is 6.92 Å². The van der Waals surface area contributed by atoms with Gasteiger partial charge in [0.15, 0.2) is 11.7 Å². The van der Waals surface area contributed by atoms with Crippen LogP contribution in [0.3, 0.4) is 0 Å². The number of nitrogens with zero attached hydrogens (tertiary/aromatic N) is 5. The van der Waals surface area contributed by atoms with E-state index in [4.69, 9.17) is 10.5 Å². The Kier molecular flexibility index (Phi) is 3.20. The molecule has 0 amide bonds. The Labute approximate surface area is 111 Å². The predicted octanol–water partition coefficient (Wildman–Crippen LogP) is -0.354. The van der Waals surface area contributed by atoms with Gasteiger partial charge in [-0.15, -0.1) is 0 Å². The van der Waals surface area contributed by atoms with Crippen molar-refractivity contribution in [3.63, 3.8) is 0 Å². The van der Waals surface area contributed by atoms with Gasteiger partial charge in [-0.05, 0) is 6.92 Å². The normalized spacial score (nSPS) is 20.2. The van der Waals surface area contributed by atoms with Gasteiger partial charge in [0.05, 0.1) is 32.0 Å². The molecular formula is C12H18N6O. The molecule has 1 aromatic rings. The second-order valence-electron chi connectivity index (χ2n) is 4.63. The molecule has 3 heterocycles. The first kappa shape index (κ1) is 12.2. The topological polar surface area (TPSA) is 81.0 Å². The van der Waals surface area contributed by atoms with Gasteiger partial charge in [-0.1, -0.05) is 0 Å². The third kappa shape index (κ3) is 2.33. The number of rotatable bonds is 1. The van der Waals surface area contributed by atoms with Crippen LogP contribution in [0.4, 0.5) is 5.82 Å². The van der Waals surface area contributed by atoms with Crippen LogP contribution in [-0.4, -0.2) is 60.8 Å². The Bertz CT molecular complexity index is 526. The molecule has 0 saturated carbocycles. The zero-order chi connectivity index (χ0) is 13.2. The van der Waals surface area contributed by atoms with E-state index in [9.17, 15) is 0 Å². The van der Waals surface area contributed by atoms with Gasteiger partial charge < -0.3 is 15.4 Å². The number of nitrogens with two attached hydrogens (primary N) is 1. The molecule has 1 fully saturated rings. The highest BCUT2D eigenvalue weighted by atomic mass is 16.5. The van der Waals surface area contributed by atoms with Crippen molar-refractivity contribution >= 4 is 17.5 Å². The predicted molar refractivity (Wildman–Crippen MR) is 74.2 cm³/mol. The first-order valence-electron chi connectivity index (χ1n) is 6.50. The second kappa shape index (κ2) is 5.00. The van der Waals surface area contributed by atoms with E-state index in [1.165, 1.54) is 0 Å². The van der Waals surface area contributed by atoms with Crippen molar-refractivity contribution in [3.8, 4) is 0 Å². The number of morpholine rings is 1. The Morgan fingerprint density at radius 3 is 2.68 bits per heavy atom. The summed E-state index contributed by atoms with van der Waals surface area (Å²) >= 11 is 0. The molecule has 7 nitrogen and oxygen atoms in total. The highest BCUT2D eigenvalue weighted by Crippen LogP contribution is 2.18. The fourth-order valence-electron chi connectivity index (χ4n) is 2.31. The van der Waals surface area contributed by atoms with Crippen LogP contribution in [0.15, 0.2) is 16.1 Å². The molecule has 0 aliphatic carbocycles. The summed E-state index contributed by atoms with van der Waals surface area (Å²) in [6.07, 6.45) is 0. The summed E-state index contributed by atoms with van der Waals surface area (Å²) in [5.41, 5.74) is 6.88. The first-order valence-corrected chi connectivity index (χ1v) is 6.50. The summed E-state index contributed by atoms with van der Waals surface area (Å²) in [6, 6.07) is 2.05. The molecule has 0 radical (unpaired) electrons. The summed E-state index contributed by atoms with van der Waals surface area (Å²) in [4.78, 5) is 10.9. The Hall–Kier alpha value is -1.89. The Morgan fingerprint density at radius 2 is 1.95 bits per heavy atom. The quantitative estimate of drug-likeness (QED) is 0.750. The molecule has 19 heavy (non-hydrogen) atoms. The lowest BCUT2D eigenvalue weighted by atomic mass is 10.3. The fourth-order valence-corrected chi connectivity index (χ4v) is 2.31. The average molecular weight is 262 g/mol. The molecule has 0 unspecified atom stereocenters. The van der Waals surface area contributed by atoms with Crippen LogP contribution in [0.5, 0.6) is 0 Å². The molecule has 0 spiro atoms. The maximum atomic E-state index is 5.93. The van der Waals surface area contributed by atoms with Gasteiger partial charge in [0.2, 0.25) is 0 Å². The van der Waals surface area contributed by atoms with Crippen molar-refractivity contribution in [2.45, 2.75) is 6.92 Å². The number of hydrogen-bond acceptors (Lipinski definition) is 6. The van der Waals surface area contributed by atoms with Gasteiger partial charge in [-0.25, -0.2) is 0 Å². The van der Waals surface area contributed by atoms with Crippen LogP contribution < -0.4 is 10.6 Å². The first-order chi connectivity index (χ1) is 9.25. The van der Waals surface area contributed by atoms with Crippen molar-refractivity contribution in [1.29, 1.82) is 0 Å².